The molecule has 2 rings (SSSR count). The van der Waals surface area contributed by atoms with Crippen molar-refractivity contribution in [2.75, 3.05) is 26.3 Å². The molecule has 1 atom stereocenters. The second-order valence-electron chi connectivity index (χ2n) is 6.66. The van der Waals surface area contributed by atoms with Gasteiger partial charge in [0.2, 0.25) is 0 Å². The summed E-state index contributed by atoms with van der Waals surface area (Å²) in [6.07, 6.45) is 4.16. The van der Waals surface area contributed by atoms with Crippen LogP contribution in [0.1, 0.15) is 38.2 Å². The Balaban J connectivity index is 2.11. The standard InChI is InChI=1S/C18H26ClNO4/c1-2-6-18(13-21)7-3-8-20(12-18)10-14-9-15(19)4-5-16(14)24-11-17(22)23/h4-5,9,21H,2-3,6-8,10-13H2,1H3,(H,22,23)/t18-/m0/s1. The fourth-order valence-electron chi connectivity index (χ4n) is 3.58. The molecule has 6 heteroatoms. The molecule has 1 aromatic rings. The molecule has 1 aromatic carbocycles. The third-order valence-electron chi connectivity index (χ3n) is 4.62. The Morgan fingerprint density at radius 3 is 2.92 bits per heavy atom. The van der Waals surface area contributed by atoms with E-state index in [4.69, 9.17) is 21.4 Å². The minimum Gasteiger partial charge on any atom is -0.482 e. The Labute approximate surface area is 148 Å². The number of carboxylic acids is 1. The van der Waals surface area contributed by atoms with E-state index >= 15 is 0 Å². The number of carboxylic acid groups (broad SMARTS) is 1. The molecule has 0 aliphatic carbocycles. The summed E-state index contributed by atoms with van der Waals surface area (Å²) in [4.78, 5) is 13.0. The second-order valence-corrected chi connectivity index (χ2v) is 7.09. The molecule has 5 nitrogen and oxygen atoms in total. The molecule has 1 saturated heterocycles. The Morgan fingerprint density at radius 1 is 1.46 bits per heavy atom. The van der Waals surface area contributed by atoms with E-state index in [2.05, 4.69) is 11.8 Å². The lowest BCUT2D eigenvalue weighted by molar-refractivity contribution is -0.139. The van der Waals surface area contributed by atoms with Crippen molar-refractivity contribution in [1.82, 2.24) is 4.90 Å². The van der Waals surface area contributed by atoms with Crippen LogP contribution >= 0.6 is 11.6 Å². The third kappa shape index (κ3) is 5.10. The zero-order valence-corrected chi connectivity index (χ0v) is 14.9. The molecule has 0 saturated carbocycles. The molecule has 24 heavy (non-hydrogen) atoms. The van der Waals surface area contributed by atoms with Gasteiger partial charge in [-0.15, -0.1) is 0 Å². The predicted molar refractivity (Wildman–Crippen MR) is 93.5 cm³/mol. The molecule has 1 aliphatic heterocycles. The minimum atomic E-state index is -1.00. The van der Waals surface area contributed by atoms with Crippen LogP contribution in [0.3, 0.4) is 0 Å². The molecule has 1 heterocycles. The summed E-state index contributed by atoms with van der Waals surface area (Å²) in [5.41, 5.74) is 0.849. The average molecular weight is 356 g/mol. The topological polar surface area (TPSA) is 70.0 Å². The highest BCUT2D eigenvalue weighted by Crippen LogP contribution is 2.35. The summed E-state index contributed by atoms with van der Waals surface area (Å²) in [5, 5.41) is 19.3. The van der Waals surface area contributed by atoms with Crippen LogP contribution in [0.5, 0.6) is 5.75 Å². The van der Waals surface area contributed by atoms with E-state index < -0.39 is 5.97 Å². The number of benzene rings is 1. The van der Waals surface area contributed by atoms with Crippen molar-refractivity contribution in [2.45, 2.75) is 39.2 Å². The highest BCUT2D eigenvalue weighted by atomic mass is 35.5. The van der Waals surface area contributed by atoms with Crippen LogP contribution in [0, 0.1) is 5.41 Å². The van der Waals surface area contributed by atoms with Crippen LogP contribution in [0.15, 0.2) is 18.2 Å². The SMILES string of the molecule is CCC[C@]1(CO)CCCN(Cc2cc(Cl)ccc2OCC(=O)O)C1. The van der Waals surface area contributed by atoms with Gasteiger partial charge in [-0.2, -0.15) is 0 Å². The molecule has 1 fully saturated rings. The number of likely N-dealkylation sites (tertiary alicyclic amines) is 1. The number of piperidine rings is 1. The van der Waals surface area contributed by atoms with Gasteiger partial charge in [-0.1, -0.05) is 24.9 Å². The van der Waals surface area contributed by atoms with Crippen molar-refractivity contribution < 1.29 is 19.7 Å². The summed E-state index contributed by atoms with van der Waals surface area (Å²) < 4.78 is 5.39. The lowest BCUT2D eigenvalue weighted by atomic mass is 9.77. The van der Waals surface area contributed by atoms with Gasteiger partial charge in [0.05, 0.1) is 0 Å². The fourth-order valence-corrected chi connectivity index (χ4v) is 3.78. The summed E-state index contributed by atoms with van der Waals surface area (Å²) in [7, 11) is 0. The number of halogens is 1. The highest BCUT2D eigenvalue weighted by molar-refractivity contribution is 6.30. The Kier molecular flexibility index (Phi) is 6.90. The molecule has 2 N–H and O–H groups in total. The van der Waals surface area contributed by atoms with Gasteiger partial charge in [0.1, 0.15) is 5.75 Å². The van der Waals surface area contributed by atoms with Crippen LogP contribution < -0.4 is 4.74 Å². The predicted octanol–water partition coefficient (Wildman–Crippen LogP) is 3.18. The number of rotatable bonds is 8. The number of aliphatic hydroxyl groups excluding tert-OH is 1. The van der Waals surface area contributed by atoms with Crippen LogP contribution in [0.4, 0.5) is 0 Å². The monoisotopic (exact) mass is 355 g/mol. The first-order chi connectivity index (χ1) is 11.5. The Bertz CT molecular complexity index is 562. The van der Waals surface area contributed by atoms with Gasteiger partial charge in [-0.25, -0.2) is 4.79 Å². The molecular weight excluding hydrogens is 330 g/mol. The molecule has 0 radical (unpaired) electrons. The van der Waals surface area contributed by atoms with Gasteiger partial charge in [0, 0.05) is 35.7 Å². The van der Waals surface area contributed by atoms with Crippen molar-refractivity contribution in [3.8, 4) is 5.75 Å². The van der Waals surface area contributed by atoms with Crippen molar-refractivity contribution in [2.24, 2.45) is 5.41 Å². The number of nitrogens with zero attached hydrogens (tertiary/aromatic N) is 1. The highest BCUT2D eigenvalue weighted by Gasteiger charge is 2.34. The van der Waals surface area contributed by atoms with Crippen molar-refractivity contribution in [3.63, 3.8) is 0 Å². The second kappa shape index (κ2) is 8.70. The summed E-state index contributed by atoms with van der Waals surface area (Å²) in [5.74, 6) is -0.450. The van der Waals surface area contributed by atoms with E-state index in [1.54, 1.807) is 12.1 Å². The van der Waals surface area contributed by atoms with Crippen molar-refractivity contribution in [1.29, 1.82) is 0 Å². The number of hydrogen-bond donors (Lipinski definition) is 2. The van der Waals surface area contributed by atoms with Crippen LogP contribution in [0.2, 0.25) is 5.02 Å². The van der Waals surface area contributed by atoms with E-state index in [0.717, 1.165) is 44.3 Å². The fraction of sp³-hybridized carbons (Fsp3) is 0.611. The van der Waals surface area contributed by atoms with E-state index in [0.29, 0.717) is 17.3 Å². The lowest BCUT2D eigenvalue weighted by Crippen LogP contribution is -2.45. The number of hydrogen-bond acceptors (Lipinski definition) is 4. The minimum absolute atomic E-state index is 0.0341. The van der Waals surface area contributed by atoms with Crippen molar-refractivity contribution in [3.05, 3.63) is 28.8 Å². The Hall–Kier alpha value is -1.30. The van der Waals surface area contributed by atoms with Gasteiger partial charge in [0.25, 0.3) is 0 Å². The average Bonchev–Trinajstić information content (AvgIpc) is 2.54. The summed E-state index contributed by atoms with van der Waals surface area (Å²) in [6, 6.07) is 5.25. The molecule has 0 amide bonds. The van der Waals surface area contributed by atoms with Gasteiger partial charge in [-0.05, 0) is 44.0 Å². The molecule has 134 valence electrons. The molecular formula is C18H26ClNO4. The van der Waals surface area contributed by atoms with Gasteiger partial charge in [-0.3, -0.25) is 4.90 Å². The van der Waals surface area contributed by atoms with Crippen LogP contribution in [0.25, 0.3) is 0 Å². The van der Waals surface area contributed by atoms with E-state index in [9.17, 15) is 9.90 Å². The van der Waals surface area contributed by atoms with Crippen LogP contribution in [-0.4, -0.2) is 47.4 Å². The first-order valence-electron chi connectivity index (χ1n) is 8.44. The Morgan fingerprint density at radius 2 is 2.25 bits per heavy atom. The summed E-state index contributed by atoms with van der Waals surface area (Å²) in [6.45, 7) is 4.41. The van der Waals surface area contributed by atoms with Crippen LogP contribution in [-0.2, 0) is 11.3 Å². The quantitative estimate of drug-likeness (QED) is 0.749. The van der Waals surface area contributed by atoms with E-state index in [1.165, 1.54) is 0 Å². The number of ether oxygens (including phenoxy) is 1. The largest absolute Gasteiger partial charge is 0.482 e. The normalized spacial score (nSPS) is 21.6. The third-order valence-corrected chi connectivity index (χ3v) is 4.86. The number of carbonyl (C=O) groups is 1. The summed E-state index contributed by atoms with van der Waals surface area (Å²) >= 11 is 6.10. The molecule has 0 bridgehead atoms. The zero-order valence-electron chi connectivity index (χ0n) is 14.1. The smallest absolute Gasteiger partial charge is 0.341 e. The first-order valence-corrected chi connectivity index (χ1v) is 8.82. The zero-order chi connectivity index (χ0) is 17.6. The molecule has 0 aromatic heterocycles. The van der Waals surface area contributed by atoms with Gasteiger partial charge in [0.15, 0.2) is 6.61 Å². The maximum Gasteiger partial charge on any atom is 0.341 e. The first kappa shape index (κ1) is 19.0. The maximum atomic E-state index is 10.7. The van der Waals surface area contributed by atoms with Gasteiger partial charge < -0.3 is 14.9 Å². The number of aliphatic carboxylic acids is 1. The van der Waals surface area contributed by atoms with E-state index in [-0.39, 0.29) is 18.6 Å². The van der Waals surface area contributed by atoms with E-state index in [1.807, 2.05) is 6.07 Å². The molecule has 0 unspecified atom stereocenters. The van der Waals surface area contributed by atoms with Crippen molar-refractivity contribution >= 4 is 17.6 Å². The van der Waals surface area contributed by atoms with Gasteiger partial charge >= 0.3 is 5.97 Å². The maximum absolute atomic E-state index is 10.7. The molecule has 1 aliphatic rings. The lowest BCUT2D eigenvalue weighted by Gasteiger charge is -2.42. The molecule has 0 spiro atoms. The number of aliphatic hydroxyl groups is 1.